The first kappa shape index (κ1) is 104. The van der Waals surface area contributed by atoms with Crippen LogP contribution < -0.4 is 81.4 Å². The standard InChI is InChI=1S/C84H136N16O20/c1-47(2)39-58-75(113)92-56(31-24-27-37-85)73(111)97-68(49(5)6)63(103)44-83(12,81(119)90-52(10)72(110)91-55(71(88)109)33-34-65(86)105)35-25-19-17-15-14-16-18-20-26-36-84(13,82(120)96-59(40-48(3)4)76(114)94-60(77(115)93-58)41-54-29-22-21-23-30-54)45-64(104)70(53(11)102)99-78(116)62-32-28-38-100(62)80(118)61(42-66(87)106)95-79(117)69(50(7)8)98-74(112)57(43-67(107)108)89-46-51(9)101/h15,17,21-23,29-30,47-50,52-53,55-62,68-70,89,102H,14,16,18-20,24-28,31-46,85H2,1-13H3,(H2,86,105)(H2,87,106)(H2,88,109)(H,90,119)(H,91,110)(H,92,113)(H,93,115)(H,94,114)(H,95,117)(H,96,120)(H,97,111)(H,98,112)(H,99,116)(H,107,108)/t52-,53+,55-,56-,57-,58-,59-,60-,61-,62-,68-,69-,70-,83+,84-/m0/s1. The third-order valence-corrected chi connectivity index (χ3v) is 21.4. The molecular formula is C84H136N16O20. The van der Waals surface area contributed by atoms with Crippen LogP contribution in [0.5, 0.6) is 0 Å². The van der Waals surface area contributed by atoms with Gasteiger partial charge in [0.05, 0.1) is 48.4 Å². The minimum absolute atomic E-state index is 0.000401. The largest absolute Gasteiger partial charge is 0.481 e. The summed E-state index contributed by atoms with van der Waals surface area (Å²) in [4.78, 5) is 251. The lowest BCUT2D eigenvalue weighted by Crippen LogP contribution is -2.60. The van der Waals surface area contributed by atoms with E-state index >= 15 is 19.2 Å². The van der Waals surface area contributed by atoms with Crippen LogP contribution in [0.4, 0.5) is 0 Å². The van der Waals surface area contributed by atoms with Crippen LogP contribution in [0.25, 0.3) is 0 Å². The second-order valence-electron chi connectivity index (χ2n) is 34.2. The Bertz CT molecular complexity index is 3720. The van der Waals surface area contributed by atoms with Crippen LogP contribution in [-0.2, 0) is 92.7 Å². The number of hydrogen-bond acceptors (Lipinski definition) is 21. The number of carbonyl (C=O) groups is 18. The Morgan fingerprint density at radius 2 is 1.18 bits per heavy atom. The molecule has 36 heteroatoms. The minimum atomic E-state index is -1.73. The van der Waals surface area contributed by atoms with Gasteiger partial charge in [0.1, 0.15) is 66.2 Å². The van der Waals surface area contributed by atoms with Crippen molar-refractivity contribution < 1.29 is 96.5 Å². The van der Waals surface area contributed by atoms with Crippen LogP contribution in [-0.4, -0.2) is 219 Å². The normalized spacial score (nSPS) is 23.0. The van der Waals surface area contributed by atoms with Crippen LogP contribution in [0.2, 0.25) is 0 Å². The molecule has 2 aliphatic heterocycles. The maximum atomic E-state index is 15.4. The van der Waals surface area contributed by atoms with E-state index in [1.54, 1.807) is 78.8 Å². The lowest BCUT2D eigenvalue weighted by molar-refractivity contribution is -0.144. The monoisotopic (exact) mass is 1690 g/mol. The summed E-state index contributed by atoms with van der Waals surface area (Å²) in [5.74, 6) is -17.1. The number of likely N-dealkylation sites (tertiary alicyclic amines) is 1. The highest BCUT2D eigenvalue weighted by atomic mass is 16.4. The van der Waals surface area contributed by atoms with Gasteiger partial charge in [-0.05, 0) is 146 Å². The van der Waals surface area contributed by atoms with Crippen LogP contribution >= 0.6 is 0 Å². The van der Waals surface area contributed by atoms with E-state index in [0.29, 0.717) is 63.4 Å². The summed E-state index contributed by atoms with van der Waals surface area (Å²) in [5, 5.41) is 50.4. The number of nitrogens with zero attached hydrogens (tertiary/aromatic N) is 1. The molecular weight excluding hydrogens is 1550 g/mol. The van der Waals surface area contributed by atoms with Gasteiger partial charge in [0, 0.05) is 32.2 Å². The van der Waals surface area contributed by atoms with Gasteiger partial charge in [-0.25, -0.2) is 0 Å². The zero-order chi connectivity index (χ0) is 90.5. The van der Waals surface area contributed by atoms with E-state index in [1.807, 2.05) is 12.2 Å². The van der Waals surface area contributed by atoms with E-state index in [1.165, 1.54) is 41.5 Å². The number of carbonyl (C=O) groups excluding carboxylic acids is 17. The Morgan fingerprint density at radius 3 is 1.73 bits per heavy atom. The summed E-state index contributed by atoms with van der Waals surface area (Å²) in [6.45, 7) is 20.3. The fraction of sp³-hybridized carbons (Fsp3) is 0.690. The molecule has 1 saturated heterocycles. The van der Waals surface area contributed by atoms with Crippen molar-refractivity contribution in [3.8, 4) is 0 Å². The average Bonchev–Trinajstić information content (AvgIpc) is 1.44. The Balaban J connectivity index is 2.18. The van der Waals surface area contributed by atoms with Gasteiger partial charge in [0.15, 0.2) is 11.6 Å². The lowest BCUT2D eigenvalue weighted by atomic mass is 9.77. The molecule has 1 fully saturated rings. The maximum Gasteiger partial charge on any atom is 0.305 e. The number of rotatable bonds is 38. The van der Waals surface area contributed by atoms with E-state index in [-0.39, 0.29) is 95.7 Å². The third kappa shape index (κ3) is 36.1. The highest BCUT2D eigenvalue weighted by Gasteiger charge is 2.46. The summed E-state index contributed by atoms with van der Waals surface area (Å²) < 4.78 is 0. The van der Waals surface area contributed by atoms with Gasteiger partial charge in [0.2, 0.25) is 82.7 Å². The maximum absolute atomic E-state index is 15.4. The molecule has 0 bridgehead atoms. The molecule has 0 unspecified atom stereocenters. The van der Waals surface area contributed by atoms with E-state index < -0.39 is 233 Å². The molecule has 1 aromatic rings. The molecule has 2 heterocycles. The van der Waals surface area contributed by atoms with Gasteiger partial charge >= 0.3 is 5.97 Å². The number of Topliss-reactive ketones (excluding diaryl/α,β-unsaturated/α-hetero) is 3. The minimum Gasteiger partial charge on any atom is -0.481 e. The molecule has 3 rings (SSSR count). The molecule has 672 valence electrons. The van der Waals surface area contributed by atoms with Crippen LogP contribution in [0.1, 0.15) is 237 Å². The van der Waals surface area contributed by atoms with Crippen molar-refractivity contribution in [3.63, 3.8) is 0 Å². The molecule has 0 saturated carbocycles. The van der Waals surface area contributed by atoms with Gasteiger partial charge in [-0.2, -0.15) is 0 Å². The first-order valence-electron chi connectivity index (χ1n) is 42.0. The molecule has 0 aliphatic carbocycles. The van der Waals surface area contributed by atoms with E-state index in [0.717, 1.165) is 4.90 Å². The number of carboxylic acids is 1. The lowest BCUT2D eigenvalue weighted by Gasteiger charge is -2.34. The van der Waals surface area contributed by atoms with Crippen LogP contribution in [0.15, 0.2) is 42.5 Å². The number of aliphatic hydroxyl groups excluding tert-OH is 1. The fourth-order valence-electron chi connectivity index (χ4n) is 14.5. The van der Waals surface area contributed by atoms with Crippen molar-refractivity contribution in [2.75, 3.05) is 19.6 Å². The van der Waals surface area contributed by atoms with Gasteiger partial charge in [-0.1, -0.05) is 131 Å². The van der Waals surface area contributed by atoms with Crippen molar-refractivity contribution in [1.82, 2.24) is 63.4 Å². The van der Waals surface area contributed by atoms with Crippen LogP contribution in [0, 0.1) is 34.5 Å². The number of aliphatic carboxylic acids is 1. The quantitative estimate of drug-likeness (QED) is 0.0319. The number of ketones is 3. The number of nitrogens with one attached hydrogen (secondary N) is 11. The number of unbranched alkanes of at least 4 members (excludes halogenated alkanes) is 1. The Hall–Kier alpha value is -10.1. The SMILES string of the molecule is CC(=O)CN[C@@H](CC(=O)O)C(=O)N[C@H](C(=O)N[C@@H](CC(N)=O)C(=O)N1CCC[C@H]1C(=O)N[C@H](C(=O)C[C@]1(C)CCCCCCC=CCCC[C@@](C)(C(=O)N[C@@H](C)C(=O)N[C@@H](CCC(N)=O)C(N)=O)CC(=O)[C@H](C(C)C)NC(=O)[C@H](CCCCN)NC(=O)[C@H](CC(C)C)NC(=O)[C@H](Cc2ccccc2)NC(=O)[C@H](CC(C)C)NC1=O)[C@@H](C)O)C(C)C. The number of primary amides is 3. The number of amides is 14. The zero-order valence-electron chi connectivity index (χ0n) is 72.2. The fourth-order valence-corrected chi connectivity index (χ4v) is 14.5. The number of allylic oxidation sites excluding steroid dienone is 2. The predicted molar refractivity (Wildman–Crippen MR) is 445 cm³/mol. The van der Waals surface area contributed by atoms with E-state index in [2.05, 4.69) is 58.5 Å². The average molecular weight is 1690 g/mol. The van der Waals surface area contributed by atoms with Crippen molar-refractivity contribution in [3.05, 3.63) is 48.0 Å². The molecule has 0 spiro atoms. The van der Waals surface area contributed by atoms with Crippen molar-refractivity contribution in [2.45, 2.75) is 316 Å². The van der Waals surface area contributed by atoms with E-state index in [9.17, 15) is 77.3 Å². The molecule has 21 N–H and O–H groups in total. The third-order valence-electron chi connectivity index (χ3n) is 21.4. The number of carboxylic acid groups (broad SMARTS) is 1. The van der Waals surface area contributed by atoms with Crippen molar-refractivity contribution >= 4 is 106 Å². The highest BCUT2D eigenvalue weighted by molar-refractivity contribution is 6.02. The summed E-state index contributed by atoms with van der Waals surface area (Å²) in [7, 11) is 0. The molecule has 120 heavy (non-hydrogen) atoms. The topological polar surface area (TPSA) is 587 Å². The van der Waals surface area contributed by atoms with Gasteiger partial charge in [-0.15, -0.1) is 0 Å². The molecule has 15 atom stereocenters. The summed E-state index contributed by atoms with van der Waals surface area (Å²) >= 11 is 0. The van der Waals surface area contributed by atoms with E-state index in [4.69, 9.17) is 22.9 Å². The first-order chi connectivity index (χ1) is 56.2. The van der Waals surface area contributed by atoms with Gasteiger partial charge < -0.3 is 91.2 Å². The van der Waals surface area contributed by atoms with Gasteiger partial charge in [-0.3, -0.25) is 91.6 Å². The second kappa shape index (κ2) is 51.5. The van der Waals surface area contributed by atoms with Crippen molar-refractivity contribution in [1.29, 1.82) is 0 Å². The number of nitrogens with two attached hydrogens (primary N) is 4. The highest BCUT2D eigenvalue weighted by Crippen LogP contribution is 2.34. The predicted octanol–water partition coefficient (Wildman–Crippen LogP) is 0.662. The van der Waals surface area contributed by atoms with Crippen LogP contribution in [0.3, 0.4) is 0 Å². The first-order valence-corrected chi connectivity index (χ1v) is 42.0. The molecule has 36 nitrogen and oxygen atoms in total. The summed E-state index contributed by atoms with van der Waals surface area (Å²) in [6, 6.07) is -8.40. The smallest absolute Gasteiger partial charge is 0.305 e. The Kier molecular flexibility index (Phi) is 44.7. The molecule has 0 aromatic heterocycles. The number of aliphatic hydroxyl groups is 1. The van der Waals surface area contributed by atoms with Gasteiger partial charge in [0.25, 0.3) is 0 Å². The Morgan fingerprint density at radius 1 is 0.600 bits per heavy atom. The number of hydrogen-bond donors (Lipinski definition) is 17. The Labute approximate surface area is 704 Å². The molecule has 1 aromatic carbocycles. The molecule has 14 amide bonds. The summed E-state index contributed by atoms with van der Waals surface area (Å²) in [5.41, 5.74) is 19.7. The molecule has 0 radical (unpaired) electrons. The second-order valence-corrected chi connectivity index (χ2v) is 34.2. The molecule has 2 aliphatic rings. The summed E-state index contributed by atoms with van der Waals surface area (Å²) in [6.07, 6.45) is 3.45. The zero-order valence-corrected chi connectivity index (χ0v) is 72.2. The number of benzene rings is 1. The van der Waals surface area contributed by atoms with Crippen molar-refractivity contribution in [2.24, 2.45) is 57.4 Å².